The standard InChI is InChI=1S/C11H14FN/c1-7-3-8(2)11(10(12)4-7)9-5-13-6-9/h3-4,9,13H,5-6H2,1-2H3. The summed E-state index contributed by atoms with van der Waals surface area (Å²) >= 11 is 0. The van der Waals surface area contributed by atoms with E-state index in [9.17, 15) is 4.39 Å². The van der Waals surface area contributed by atoms with Crippen LogP contribution in [0.1, 0.15) is 22.6 Å². The van der Waals surface area contributed by atoms with Crippen LogP contribution in [0.25, 0.3) is 0 Å². The van der Waals surface area contributed by atoms with Crippen molar-refractivity contribution in [2.24, 2.45) is 0 Å². The molecular formula is C11H14FN. The average Bonchev–Trinajstić information content (AvgIpc) is 1.92. The Morgan fingerprint density at radius 3 is 2.46 bits per heavy atom. The molecule has 0 bridgehead atoms. The molecule has 0 saturated carbocycles. The highest BCUT2D eigenvalue weighted by Crippen LogP contribution is 2.26. The molecule has 1 heterocycles. The van der Waals surface area contributed by atoms with Crippen LogP contribution in [-0.4, -0.2) is 13.1 Å². The second-order valence-corrected chi connectivity index (χ2v) is 3.83. The zero-order chi connectivity index (χ0) is 9.42. The molecule has 0 aromatic heterocycles. The van der Waals surface area contributed by atoms with Gasteiger partial charge in [-0.3, -0.25) is 0 Å². The first kappa shape index (κ1) is 8.70. The van der Waals surface area contributed by atoms with Gasteiger partial charge in [0.15, 0.2) is 0 Å². The normalized spacial score (nSPS) is 17.2. The summed E-state index contributed by atoms with van der Waals surface area (Å²) in [6, 6.07) is 3.68. The molecule has 1 aliphatic rings. The molecule has 1 aromatic rings. The fourth-order valence-electron chi connectivity index (χ4n) is 1.94. The maximum atomic E-state index is 13.6. The van der Waals surface area contributed by atoms with Crippen molar-refractivity contribution in [2.45, 2.75) is 19.8 Å². The fourth-order valence-corrected chi connectivity index (χ4v) is 1.94. The van der Waals surface area contributed by atoms with E-state index < -0.39 is 0 Å². The number of rotatable bonds is 1. The Morgan fingerprint density at radius 2 is 2.00 bits per heavy atom. The molecule has 0 spiro atoms. The van der Waals surface area contributed by atoms with Crippen LogP contribution >= 0.6 is 0 Å². The van der Waals surface area contributed by atoms with Crippen LogP contribution in [-0.2, 0) is 0 Å². The van der Waals surface area contributed by atoms with Gasteiger partial charge < -0.3 is 5.32 Å². The molecule has 2 heteroatoms. The Kier molecular flexibility index (Phi) is 2.08. The Balaban J connectivity index is 2.43. The molecule has 0 amide bonds. The highest BCUT2D eigenvalue weighted by atomic mass is 19.1. The summed E-state index contributed by atoms with van der Waals surface area (Å²) in [4.78, 5) is 0. The fraction of sp³-hybridized carbons (Fsp3) is 0.455. The summed E-state index contributed by atoms with van der Waals surface area (Å²) in [7, 11) is 0. The predicted molar refractivity (Wildman–Crippen MR) is 51.5 cm³/mol. The van der Waals surface area contributed by atoms with Gasteiger partial charge in [-0.25, -0.2) is 4.39 Å². The topological polar surface area (TPSA) is 12.0 Å². The first-order valence-electron chi connectivity index (χ1n) is 4.66. The third-order valence-electron chi connectivity index (χ3n) is 2.67. The Hall–Kier alpha value is -0.890. The lowest BCUT2D eigenvalue weighted by atomic mass is 9.89. The number of halogens is 1. The van der Waals surface area contributed by atoms with Crippen molar-refractivity contribution in [3.8, 4) is 0 Å². The highest BCUT2D eigenvalue weighted by Gasteiger charge is 2.23. The van der Waals surface area contributed by atoms with Crippen molar-refractivity contribution in [3.63, 3.8) is 0 Å². The van der Waals surface area contributed by atoms with Gasteiger partial charge in [0.25, 0.3) is 0 Å². The molecule has 13 heavy (non-hydrogen) atoms. The summed E-state index contributed by atoms with van der Waals surface area (Å²) in [6.45, 7) is 5.75. The summed E-state index contributed by atoms with van der Waals surface area (Å²) in [5, 5.41) is 3.16. The van der Waals surface area contributed by atoms with Gasteiger partial charge >= 0.3 is 0 Å². The van der Waals surface area contributed by atoms with Crippen LogP contribution in [0.15, 0.2) is 12.1 Å². The van der Waals surface area contributed by atoms with E-state index in [0.29, 0.717) is 5.92 Å². The quantitative estimate of drug-likeness (QED) is 0.696. The number of aryl methyl sites for hydroxylation is 2. The molecular weight excluding hydrogens is 165 g/mol. The van der Waals surface area contributed by atoms with E-state index in [4.69, 9.17) is 0 Å². The van der Waals surface area contributed by atoms with Gasteiger partial charge in [0.2, 0.25) is 0 Å². The molecule has 1 aromatic carbocycles. The van der Waals surface area contributed by atoms with Gasteiger partial charge in [0.05, 0.1) is 0 Å². The summed E-state index contributed by atoms with van der Waals surface area (Å²) in [5.41, 5.74) is 3.00. The molecule has 0 atom stereocenters. The second kappa shape index (κ2) is 3.11. The minimum Gasteiger partial charge on any atom is -0.315 e. The minimum atomic E-state index is -0.0380. The number of hydrogen-bond donors (Lipinski definition) is 1. The third kappa shape index (κ3) is 1.46. The Morgan fingerprint density at radius 1 is 1.31 bits per heavy atom. The van der Waals surface area contributed by atoms with Crippen LogP contribution in [0, 0.1) is 19.7 Å². The van der Waals surface area contributed by atoms with Crippen LogP contribution < -0.4 is 5.32 Å². The van der Waals surface area contributed by atoms with Gasteiger partial charge in [0, 0.05) is 19.0 Å². The molecule has 1 aliphatic heterocycles. The lowest BCUT2D eigenvalue weighted by Gasteiger charge is -2.29. The summed E-state index contributed by atoms with van der Waals surface area (Å²) < 4.78 is 13.6. The van der Waals surface area contributed by atoms with Gasteiger partial charge in [-0.05, 0) is 36.6 Å². The maximum Gasteiger partial charge on any atom is 0.127 e. The van der Waals surface area contributed by atoms with E-state index in [1.54, 1.807) is 6.07 Å². The van der Waals surface area contributed by atoms with Crippen molar-refractivity contribution in [1.82, 2.24) is 5.32 Å². The van der Waals surface area contributed by atoms with E-state index in [1.165, 1.54) is 0 Å². The zero-order valence-corrected chi connectivity index (χ0v) is 8.02. The molecule has 1 nitrogen and oxygen atoms in total. The predicted octanol–water partition coefficient (Wildman–Crippen LogP) is 2.13. The molecule has 0 unspecified atom stereocenters. The molecule has 0 radical (unpaired) electrons. The molecule has 1 saturated heterocycles. The van der Waals surface area contributed by atoms with Gasteiger partial charge in [0.1, 0.15) is 5.82 Å². The van der Waals surface area contributed by atoms with Gasteiger partial charge in [-0.15, -0.1) is 0 Å². The van der Waals surface area contributed by atoms with Crippen molar-refractivity contribution < 1.29 is 4.39 Å². The number of benzene rings is 1. The van der Waals surface area contributed by atoms with E-state index >= 15 is 0 Å². The molecule has 1 N–H and O–H groups in total. The SMILES string of the molecule is Cc1cc(C)c(C2CNC2)c(F)c1. The highest BCUT2D eigenvalue weighted by molar-refractivity contribution is 5.36. The monoisotopic (exact) mass is 179 g/mol. The molecule has 1 fully saturated rings. The minimum absolute atomic E-state index is 0.0380. The molecule has 70 valence electrons. The largest absolute Gasteiger partial charge is 0.315 e. The van der Waals surface area contributed by atoms with E-state index in [2.05, 4.69) is 11.4 Å². The van der Waals surface area contributed by atoms with Crippen molar-refractivity contribution in [3.05, 3.63) is 34.6 Å². The Bertz CT molecular complexity index is 306. The summed E-state index contributed by atoms with van der Waals surface area (Å²) in [5.74, 6) is 0.351. The molecule has 2 rings (SSSR count). The maximum absolute atomic E-state index is 13.6. The zero-order valence-electron chi connectivity index (χ0n) is 8.02. The number of nitrogens with one attached hydrogen (secondary N) is 1. The molecule has 0 aliphatic carbocycles. The van der Waals surface area contributed by atoms with Crippen molar-refractivity contribution in [1.29, 1.82) is 0 Å². The third-order valence-corrected chi connectivity index (χ3v) is 2.67. The number of hydrogen-bond acceptors (Lipinski definition) is 1. The first-order valence-corrected chi connectivity index (χ1v) is 4.66. The van der Waals surface area contributed by atoms with E-state index in [0.717, 1.165) is 29.8 Å². The Labute approximate surface area is 78.0 Å². The van der Waals surface area contributed by atoms with E-state index in [1.807, 2.05) is 13.8 Å². The average molecular weight is 179 g/mol. The van der Waals surface area contributed by atoms with Crippen LogP contribution in [0.5, 0.6) is 0 Å². The van der Waals surface area contributed by atoms with Gasteiger partial charge in [-0.1, -0.05) is 6.07 Å². The van der Waals surface area contributed by atoms with Crippen LogP contribution in [0.3, 0.4) is 0 Å². The van der Waals surface area contributed by atoms with Crippen LogP contribution in [0.4, 0.5) is 4.39 Å². The van der Waals surface area contributed by atoms with E-state index in [-0.39, 0.29) is 5.82 Å². The van der Waals surface area contributed by atoms with Crippen LogP contribution in [0.2, 0.25) is 0 Å². The first-order chi connectivity index (χ1) is 6.18. The lowest BCUT2D eigenvalue weighted by Crippen LogP contribution is -2.40. The van der Waals surface area contributed by atoms with Crippen molar-refractivity contribution in [2.75, 3.05) is 13.1 Å². The van der Waals surface area contributed by atoms with Gasteiger partial charge in [-0.2, -0.15) is 0 Å². The van der Waals surface area contributed by atoms with Crippen molar-refractivity contribution >= 4 is 0 Å². The second-order valence-electron chi connectivity index (χ2n) is 3.83. The summed E-state index contributed by atoms with van der Waals surface area (Å²) in [6.07, 6.45) is 0. The smallest absolute Gasteiger partial charge is 0.127 e. The lowest BCUT2D eigenvalue weighted by molar-refractivity contribution is 0.429.